The van der Waals surface area contributed by atoms with Crippen LogP contribution in [0, 0.1) is 11.3 Å². The molecule has 1 N–H and O–H groups in total. The Hall–Kier alpha value is -3.44. The Morgan fingerprint density at radius 1 is 1.22 bits per heavy atom. The third kappa shape index (κ3) is 8.57. The van der Waals surface area contributed by atoms with Crippen LogP contribution in [-0.4, -0.2) is 31.9 Å². The molecule has 0 unspecified atom stereocenters. The maximum atomic E-state index is 9.44. The van der Waals surface area contributed by atoms with E-state index in [2.05, 4.69) is 54.5 Å². The van der Waals surface area contributed by atoms with E-state index in [1.54, 1.807) is 25.5 Å². The van der Waals surface area contributed by atoms with E-state index in [0.717, 1.165) is 29.2 Å². The van der Waals surface area contributed by atoms with Gasteiger partial charge in [0.25, 0.3) is 0 Å². The van der Waals surface area contributed by atoms with Crippen LogP contribution in [0.5, 0.6) is 5.75 Å². The standard InChI is InChI=1S/C22H20N2OS.C6H13NO2.C2H4/c1-14(2)25-20-10-9-16(11-17(20)12-23)22-24-13-21(26-22)19-8-4-6-15-5-3-7-18(15)19;1-6(8-3)4-5-9-7-2;1-2/h4,6,8-11,13-14H,3,5,7H2,1-2H3;7H,1,4-5H2,2-3H3;1-2H2. The molecular weight excluding hydrogens is 482 g/mol. The maximum Gasteiger partial charge on any atom is 0.137 e. The van der Waals surface area contributed by atoms with Crippen LogP contribution in [0.3, 0.4) is 0 Å². The smallest absolute Gasteiger partial charge is 0.137 e. The summed E-state index contributed by atoms with van der Waals surface area (Å²) < 4.78 is 10.5. The van der Waals surface area contributed by atoms with Crippen molar-refractivity contribution in [3.8, 4) is 32.8 Å². The largest absolute Gasteiger partial charge is 0.502 e. The van der Waals surface area contributed by atoms with Gasteiger partial charge in [-0.25, -0.2) is 10.5 Å². The summed E-state index contributed by atoms with van der Waals surface area (Å²) in [6, 6.07) is 14.5. The zero-order valence-corrected chi connectivity index (χ0v) is 23.1. The minimum atomic E-state index is 0.0413. The number of hydroxylamine groups is 1. The number of nitrogens with one attached hydrogen (secondary N) is 1. The predicted molar refractivity (Wildman–Crippen MR) is 153 cm³/mol. The molecule has 0 saturated heterocycles. The van der Waals surface area contributed by atoms with Crippen LogP contribution in [-0.2, 0) is 22.4 Å². The van der Waals surface area contributed by atoms with Gasteiger partial charge in [-0.15, -0.1) is 24.5 Å². The Morgan fingerprint density at radius 3 is 2.68 bits per heavy atom. The van der Waals surface area contributed by atoms with Gasteiger partial charge in [0, 0.05) is 25.2 Å². The van der Waals surface area contributed by atoms with E-state index < -0.39 is 0 Å². The van der Waals surface area contributed by atoms with E-state index in [-0.39, 0.29) is 6.10 Å². The second-order valence-electron chi connectivity index (χ2n) is 8.36. The van der Waals surface area contributed by atoms with Gasteiger partial charge in [-0.3, -0.25) is 0 Å². The Kier molecular flexibility index (Phi) is 12.6. The van der Waals surface area contributed by atoms with Crippen molar-refractivity contribution in [1.29, 1.82) is 5.26 Å². The Bertz CT molecular complexity index is 1200. The summed E-state index contributed by atoms with van der Waals surface area (Å²) in [5, 5.41) is 10.4. The number of methoxy groups -OCH3 is 1. The van der Waals surface area contributed by atoms with Crippen LogP contribution in [0.2, 0.25) is 0 Å². The average Bonchev–Trinajstić information content (AvgIpc) is 3.60. The first kappa shape index (κ1) is 29.8. The molecule has 1 aliphatic carbocycles. The highest BCUT2D eigenvalue weighted by molar-refractivity contribution is 7.18. The highest BCUT2D eigenvalue weighted by atomic mass is 32.1. The van der Waals surface area contributed by atoms with Crippen LogP contribution in [0.15, 0.2) is 68.1 Å². The van der Waals surface area contributed by atoms with Gasteiger partial charge in [-0.2, -0.15) is 5.26 Å². The highest BCUT2D eigenvalue weighted by Crippen LogP contribution is 2.38. The summed E-state index contributed by atoms with van der Waals surface area (Å²) in [7, 11) is 3.32. The fraction of sp³-hybridized carbons (Fsp3) is 0.333. The van der Waals surface area contributed by atoms with Gasteiger partial charge >= 0.3 is 0 Å². The Labute approximate surface area is 225 Å². The molecule has 1 aromatic heterocycles. The lowest BCUT2D eigenvalue weighted by Crippen LogP contribution is -2.08. The van der Waals surface area contributed by atoms with Crippen molar-refractivity contribution in [2.24, 2.45) is 0 Å². The summed E-state index contributed by atoms with van der Waals surface area (Å²) in [6.45, 7) is 14.1. The number of nitrogens with zero attached hydrogens (tertiary/aromatic N) is 2. The first-order valence-electron chi connectivity index (χ1n) is 12.2. The highest BCUT2D eigenvalue weighted by Gasteiger charge is 2.17. The van der Waals surface area contributed by atoms with E-state index in [4.69, 9.17) is 14.3 Å². The van der Waals surface area contributed by atoms with Gasteiger partial charge in [0.1, 0.15) is 16.8 Å². The molecule has 0 atom stereocenters. The van der Waals surface area contributed by atoms with Crippen molar-refractivity contribution in [3.63, 3.8) is 0 Å². The summed E-state index contributed by atoms with van der Waals surface area (Å²) >= 11 is 1.68. The number of aromatic nitrogens is 1. The number of ether oxygens (including phenoxy) is 2. The maximum absolute atomic E-state index is 9.44. The quantitative estimate of drug-likeness (QED) is 0.140. The second kappa shape index (κ2) is 15.6. The lowest BCUT2D eigenvalue weighted by molar-refractivity contribution is 0.0538. The summed E-state index contributed by atoms with van der Waals surface area (Å²) in [4.78, 5) is 10.6. The van der Waals surface area contributed by atoms with Crippen molar-refractivity contribution >= 4 is 11.3 Å². The normalized spacial score (nSPS) is 11.4. The summed E-state index contributed by atoms with van der Waals surface area (Å²) in [5.41, 5.74) is 8.31. The van der Waals surface area contributed by atoms with E-state index >= 15 is 0 Å². The minimum Gasteiger partial charge on any atom is -0.502 e. The van der Waals surface area contributed by atoms with Crippen molar-refractivity contribution < 1.29 is 14.3 Å². The third-order valence-corrected chi connectivity index (χ3v) is 6.62. The van der Waals surface area contributed by atoms with Crippen LogP contribution in [0.25, 0.3) is 21.0 Å². The van der Waals surface area contributed by atoms with Crippen LogP contribution >= 0.6 is 11.3 Å². The van der Waals surface area contributed by atoms with E-state index in [1.165, 1.54) is 34.4 Å². The van der Waals surface area contributed by atoms with Gasteiger partial charge in [0.05, 0.1) is 36.0 Å². The molecule has 0 saturated carbocycles. The fourth-order valence-corrected chi connectivity index (χ4v) is 4.82. The summed E-state index contributed by atoms with van der Waals surface area (Å²) in [6.07, 6.45) is 6.30. The lowest BCUT2D eigenvalue weighted by Gasteiger charge is -2.11. The molecule has 6 nitrogen and oxygen atoms in total. The SMILES string of the molecule is C=C.C=C(CCONC)OC.CC(C)Oc1ccc(-c2ncc(-c3cccc4c3CCC4)s2)cc1C#N. The van der Waals surface area contributed by atoms with Gasteiger partial charge in [0.2, 0.25) is 0 Å². The van der Waals surface area contributed by atoms with Crippen molar-refractivity contribution in [2.45, 2.75) is 45.6 Å². The number of benzene rings is 2. The molecule has 0 spiro atoms. The molecule has 7 heteroatoms. The number of nitriles is 1. The van der Waals surface area contributed by atoms with Crippen LogP contribution in [0.4, 0.5) is 0 Å². The van der Waals surface area contributed by atoms with Crippen molar-refractivity contribution in [1.82, 2.24) is 10.5 Å². The fourth-order valence-electron chi connectivity index (χ4n) is 3.86. The molecule has 0 bridgehead atoms. The van der Waals surface area contributed by atoms with Gasteiger partial charge < -0.3 is 14.3 Å². The minimum absolute atomic E-state index is 0.0413. The number of hydrogen-bond donors (Lipinski definition) is 1. The van der Waals surface area contributed by atoms with E-state index in [0.29, 0.717) is 17.9 Å². The predicted octanol–water partition coefficient (Wildman–Crippen LogP) is 7.11. The first-order chi connectivity index (χ1) is 18.0. The molecule has 0 radical (unpaired) electrons. The van der Waals surface area contributed by atoms with Crippen molar-refractivity contribution in [2.75, 3.05) is 20.8 Å². The third-order valence-electron chi connectivity index (χ3n) is 5.54. The first-order valence-corrected chi connectivity index (χ1v) is 13.1. The number of thiazole rings is 1. The molecule has 1 aliphatic rings. The number of rotatable bonds is 9. The number of fused-ring (bicyclic) bond motifs is 1. The van der Waals surface area contributed by atoms with E-state index in [9.17, 15) is 5.26 Å². The molecule has 0 aliphatic heterocycles. The average molecular weight is 520 g/mol. The Balaban J connectivity index is 0.000000374. The molecule has 196 valence electrons. The molecule has 37 heavy (non-hydrogen) atoms. The lowest BCUT2D eigenvalue weighted by atomic mass is 10.0. The molecule has 1 heterocycles. The number of hydrogen-bond acceptors (Lipinski definition) is 7. The molecule has 0 fully saturated rings. The molecule has 3 aromatic rings. The topological polar surface area (TPSA) is 76.4 Å². The Morgan fingerprint density at radius 2 is 2.00 bits per heavy atom. The zero-order valence-electron chi connectivity index (χ0n) is 22.3. The van der Waals surface area contributed by atoms with Gasteiger partial charge in [-0.1, -0.05) is 24.8 Å². The van der Waals surface area contributed by atoms with Gasteiger partial charge in [0.15, 0.2) is 0 Å². The molecular formula is C30H37N3O3S. The molecule has 0 amide bonds. The van der Waals surface area contributed by atoms with Crippen LogP contribution in [0.1, 0.15) is 43.4 Å². The van der Waals surface area contributed by atoms with E-state index in [1.807, 2.05) is 38.2 Å². The number of aryl methyl sites for hydroxylation is 1. The van der Waals surface area contributed by atoms with Gasteiger partial charge in [-0.05, 0) is 68.0 Å². The molecule has 4 rings (SSSR count). The van der Waals surface area contributed by atoms with Crippen LogP contribution < -0.4 is 10.2 Å². The molecule has 2 aromatic carbocycles. The van der Waals surface area contributed by atoms with Crippen molar-refractivity contribution in [3.05, 3.63) is 84.8 Å². The summed E-state index contributed by atoms with van der Waals surface area (Å²) in [5.74, 6) is 1.37. The second-order valence-corrected chi connectivity index (χ2v) is 9.39. The zero-order chi connectivity index (χ0) is 27.2. The monoisotopic (exact) mass is 519 g/mol.